The second-order valence-electron chi connectivity index (χ2n) is 5.33. The van der Waals surface area contributed by atoms with E-state index >= 15 is 0 Å². The molecule has 0 saturated carbocycles. The van der Waals surface area contributed by atoms with Gasteiger partial charge in [-0.3, -0.25) is 9.59 Å². The van der Waals surface area contributed by atoms with E-state index in [2.05, 4.69) is 10.6 Å². The molecule has 0 unspecified atom stereocenters. The van der Waals surface area contributed by atoms with Crippen molar-refractivity contribution in [3.63, 3.8) is 0 Å². The van der Waals surface area contributed by atoms with Crippen LogP contribution in [0.4, 0.5) is 10.1 Å². The third-order valence-corrected chi connectivity index (χ3v) is 4.38. The maximum atomic E-state index is 13.1. The number of nitrogens with zero attached hydrogens (tertiary/aromatic N) is 1. The monoisotopic (exact) mass is 369 g/mol. The lowest BCUT2D eigenvalue weighted by Crippen LogP contribution is -2.40. The molecule has 1 atom stereocenters. The van der Waals surface area contributed by atoms with Crippen LogP contribution in [0.1, 0.15) is 11.6 Å². The number of halogens is 2. The van der Waals surface area contributed by atoms with E-state index in [-0.39, 0.29) is 16.8 Å². The molecule has 0 saturated heterocycles. The molecule has 1 heterocycles. The van der Waals surface area contributed by atoms with Gasteiger partial charge in [-0.05, 0) is 54.7 Å². The van der Waals surface area contributed by atoms with Crippen LogP contribution < -0.4 is 10.6 Å². The van der Waals surface area contributed by atoms with Gasteiger partial charge in [0.1, 0.15) is 5.82 Å². The lowest BCUT2D eigenvalue weighted by molar-refractivity contribution is -0.136. The van der Waals surface area contributed by atoms with Gasteiger partial charge in [-0.25, -0.2) is 4.39 Å². The molecular weight excluding hydrogens is 353 g/mol. The number of hydrogen-bond acceptors (Lipinski definition) is 4. The van der Waals surface area contributed by atoms with Gasteiger partial charge in [0, 0.05) is 12.2 Å². The molecule has 1 aromatic heterocycles. The average molecular weight is 370 g/mol. The molecule has 8 heteroatoms. The molecule has 0 radical (unpaired) electrons. The zero-order valence-electron chi connectivity index (χ0n) is 13.2. The number of likely N-dealkylation sites (N-methyl/N-ethyl adjacent to an activating group) is 1. The summed E-state index contributed by atoms with van der Waals surface area (Å²) < 4.78 is 13.1. The van der Waals surface area contributed by atoms with Crippen molar-refractivity contribution in [3.05, 3.63) is 51.4 Å². The number of carbonyl (C=O) groups excluding carboxylic acids is 2. The summed E-state index contributed by atoms with van der Waals surface area (Å²) in [4.78, 5) is 25.8. The maximum absolute atomic E-state index is 13.1. The van der Waals surface area contributed by atoms with Gasteiger partial charge in [0.15, 0.2) is 0 Å². The van der Waals surface area contributed by atoms with Crippen molar-refractivity contribution in [1.82, 2.24) is 10.2 Å². The predicted molar refractivity (Wildman–Crippen MR) is 93.8 cm³/mol. The van der Waals surface area contributed by atoms with Crippen molar-refractivity contribution in [2.24, 2.45) is 0 Å². The van der Waals surface area contributed by atoms with E-state index in [9.17, 15) is 14.0 Å². The average Bonchev–Trinajstić information content (AvgIpc) is 3.04. The molecule has 1 aromatic carbocycles. The summed E-state index contributed by atoms with van der Waals surface area (Å²) >= 11 is 7.21. The second kappa shape index (κ2) is 8.23. The van der Waals surface area contributed by atoms with E-state index in [0.717, 1.165) is 11.6 Å². The number of nitrogens with one attached hydrogen (secondary N) is 2. The summed E-state index contributed by atoms with van der Waals surface area (Å²) in [6.45, 7) is 0.292. The van der Waals surface area contributed by atoms with Gasteiger partial charge in [0.25, 0.3) is 0 Å². The fraction of sp³-hybridized carbons (Fsp3) is 0.250. The Bertz CT molecular complexity index is 722. The standard InChI is InChI=1S/C16H17ClFN3O2S/c1-21(2)14(10-5-6-24-9-10)8-19-15(22)16(23)20-11-3-4-13(18)12(17)7-11/h3-7,9,14H,8H2,1-2H3,(H,19,22)(H,20,23)/t14-/m1/s1. The number of carbonyl (C=O) groups is 2. The highest BCUT2D eigenvalue weighted by atomic mass is 35.5. The zero-order chi connectivity index (χ0) is 17.7. The van der Waals surface area contributed by atoms with E-state index < -0.39 is 17.6 Å². The highest BCUT2D eigenvalue weighted by Gasteiger charge is 2.19. The summed E-state index contributed by atoms with van der Waals surface area (Å²) in [6, 6.07) is 5.64. The molecule has 2 aromatic rings. The smallest absolute Gasteiger partial charge is 0.313 e. The summed E-state index contributed by atoms with van der Waals surface area (Å²) in [7, 11) is 3.80. The van der Waals surface area contributed by atoms with Crippen LogP contribution in [0.5, 0.6) is 0 Å². The maximum Gasteiger partial charge on any atom is 0.313 e. The third kappa shape index (κ3) is 4.77. The Labute approximate surface area is 148 Å². The van der Waals surface area contributed by atoms with E-state index in [1.807, 2.05) is 35.8 Å². The molecule has 0 aliphatic rings. The molecule has 0 bridgehead atoms. The quantitative estimate of drug-likeness (QED) is 0.797. The third-order valence-electron chi connectivity index (χ3n) is 3.39. The highest BCUT2D eigenvalue weighted by molar-refractivity contribution is 7.08. The minimum absolute atomic E-state index is 0.0340. The molecule has 5 nitrogen and oxygen atoms in total. The van der Waals surface area contributed by atoms with Crippen molar-refractivity contribution < 1.29 is 14.0 Å². The van der Waals surface area contributed by atoms with Crippen molar-refractivity contribution in [2.75, 3.05) is 26.0 Å². The second-order valence-corrected chi connectivity index (χ2v) is 6.52. The van der Waals surface area contributed by atoms with Crippen LogP contribution in [-0.4, -0.2) is 37.4 Å². The van der Waals surface area contributed by atoms with Crippen LogP contribution in [0.25, 0.3) is 0 Å². The summed E-state index contributed by atoms with van der Waals surface area (Å²) in [5.74, 6) is -2.19. The van der Waals surface area contributed by atoms with Gasteiger partial charge in [-0.15, -0.1) is 0 Å². The van der Waals surface area contributed by atoms with Crippen molar-refractivity contribution in [3.8, 4) is 0 Å². The SMILES string of the molecule is CN(C)[C@H](CNC(=O)C(=O)Nc1ccc(F)c(Cl)c1)c1ccsc1. The first-order chi connectivity index (χ1) is 11.4. The minimum Gasteiger partial charge on any atom is -0.346 e. The lowest BCUT2D eigenvalue weighted by Gasteiger charge is -2.23. The molecule has 0 aliphatic heterocycles. The van der Waals surface area contributed by atoms with Crippen LogP contribution >= 0.6 is 22.9 Å². The molecule has 0 fully saturated rings. The molecule has 24 heavy (non-hydrogen) atoms. The lowest BCUT2D eigenvalue weighted by atomic mass is 10.1. The van der Waals surface area contributed by atoms with Gasteiger partial charge in [-0.2, -0.15) is 11.3 Å². The largest absolute Gasteiger partial charge is 0.346 e. The van der Waals surface area contributed by atoms with Crippen LogP contribution in [0.3, 0.4) is 0 Å². The van der Waals surface area contributed by atoms with E-state index in [1.165, 1.54) is 12.1 Å². The van der Waals surface area contributed by atoms with E-state index in [0.29, 0.717) is 6.54 Å². The molecule has 2 amide bonds. The summed E-state index contributed by atoms with van der Waals surface area (Å²) in [6.07, 6.45) is 0. The zero-order valence-corrected chi connectivity index (χ0v) is 14.7. The number of thiophene rings is 1. The molecule has 2 N–H and O–H groups in total. The highest BCUT2D eigenvalue weighted by Crippen LogP contribution is 2.20. The first-order valence-corrected chi connectivity index (χ1v) is 8.43. The number of anilines is 1. The Kier molecular flexibility index (Phi) is 6.30. The van der Waals surface area contributed by atoms with Gasteiger partial charge in [-0.1, -0.05) is 11.6 Å². The Morgan fingerprint density at radius 3 is 2.62 bits per heavy atom. The van der Waals surface area contributed by atoms with Gasteiger partial charge in [0.05, 0.1) is 11.1 Å². The number of hydrogen-bond donors (Lipinski definition) is 2. The number of amides is 2. The fourth-order valence-electron chi connectivity index (χ4n) is 2.09. The summed E-state index contributed by atoms with van der Waals surface area (Å²) in [5, 5.41) is 8.82. The normalized spacial score (nSPS) is 12.0. The van der Waals surface area contributed by atoms with Crippen LogP contribution in [-0.2, 0) is 9.59 Å². The van der Waals surface area contributed by atoms with E-state index in [4.69, 9.17) is 11.6 Å². The number of benzene rings is 1. The topological polar surface area (TPSA) is 61.4 Å². The van der Waals surface area contributed by atoms with Crippen molar-refractivity contribution >= 4 is 40.4 Å². The van der Waals surface area contributed by atoms with Crippen LogP contribution in [0, 0.1) is 5.82 Å². The molecule has 128 valence electrons. The summed E-state index contributed by atoms with van der Waals surface area (Å²) in [5.41, 5.74) is 1.32. The molecular formula is C16H17ClFN3O2S. The van der Waals surface area contributed by atoms with Gasteiger partial charge >= 0.3 is 11.8 Å². The van der Waals surface area contributed by atoms with Gasteiger partial charge < -0.3 is 15.5 Å². The van der Waals surface area contributed by atoms with Crippen molar-refractivity contribution in [2.45, 2.75) is 6.04 Å². The Hall–Kier alpha value is -1.96. The Morgan fingerprint density at radius 2 is 2.04 bits per heavy atom. The van der Waals surface area contributed by atoms with Crippen LogP contribution in [0.15, 0.2) is 35.0 Å². The fourth-order valence-corrected chi connectivity index (χ4v) is 2.98. The minimum atomic E-state index is -0.833. The Morgan fingerprint density at radius 1 is 1.29 bits per heavy atom. The predicted octanol–water partition coefficient (Wildman–Crippen LogP) is 2.90. The molecule has 0 spiro atoms. The van der Waals surface area contributed by atoms with E-state index in [1.54, 1.807) is 11.3 Å². The molecule has 2 rings (SSSR count). The first-order valence-electron chi connectivity index (χ1n) is 7.11. The molecule has 0 aliphatic carbocycles. The first kappa shape index (κ1) is 18.4. The van der Waals surface area contributed by atoms with Crippen molar-refractivity contribution in [1.29, 1.82) is 0 Å². The van der Waals surface area contributed by atoms with Gasteiger partial charge in [0.2, 0.25) is 0 Å². The number of rotatable bonds is 5. The Balaban J connectivity index is 1.93. The van der Waals surface area contributed by atoms with Crippen LogP contribution in [0.2, 0.25) is 5.02 Å².